The molecule has 3 N–H and O–H groups in total. The summed E-state index contributed by atoms with van der Waals surface area (Å²) >= 11 is 0. The van der Waals surface area contributed by atoms with Crippen molar-refractivity contribution in [3.05, 3.63) is 0 Å². The average Bonchev–Trinajstić information content (AvgIpc) is 3.30. The lowest BCUT2D eigenvalue weighted by molar-refractivity contribution is -0.230. The quantitative estimate of drug-likeness (QED) is 0.132. The third kappa shape index (κ3) is 25.3. The highest BCUT2D eigenvalue weighted by Crippen LogP contribution is 2.77. The van der Waals surface area contributed by atoms with Gasteiger partial charge in [-0.15, -0.1) is 0 Å². The minimum atomic E-state index is -1.14. The summed E-state index contributed by atoms with van der Waals surface area (Å²) < 4.78 is 0. The Bertz CT molecular complexity index is 1720. The zero-order valence-electron chi connectivity index (χ0n) is 54.9. The Morgan fingerprint density at radius 1 is 0.462 bits per heavy atom. The summed E-state index contributed by atoms with van der Waals surface area (Å²) in [5, 5.41) is 22.2. The predicted octanol–water partition coefficient (Wildman–Crippen LogP) is 17.5. The molecule has 0 unspecified atom stereocenters. The number of hydrogen-bond donors (Lipinski definition) is 3. The topological polar surface area (TPSA) is 138 Å². The molecule has 0 aliphatic heterocycles. The summed E-state index contributed by atoms with van der Waals surface area (Å²) in [4.78, 5) is 55.6. The second kappa shape index (κ2) is 33.4. The van der Waals surface area contributed by atoms with E-state index in [9.17, 15) is 34.2 Å². The van der Waals surface area contributed by atoms with Gasteiger partial charge in [-0.2, -0.15) is 0 Å². The molecule has 8 rings (SSSR count). The van der Waals surface area contributed by atoms with Gasteiger partial charge in [0.05, 0.1) is 5.60 Å². The number of Topliss-reactive ketones (excluding diaryl/α,β-unsaturated/α-hetero) is 4. The van der Waals surface area contributed by atoms with Gasteiger partial charge in [0.25, 0.3) is 0 Å². The molecule has 78 heavy (non-hydrogen) atoms. The Hall–Kier alpha value is -1.93. The van der Waals surface area contributed by atoms with Crippen molar-refractivity contribution in [3.63, 3.8) is 0 Å². The van der Waals surface area contributed by atoms with Gasteiger partial charge in [0.1, 0.15) is 23.0 Å². The molecule has 0 aromatic heterocycles. The van der Waals surface area contributed by atoms with Gasteiger partial charge in [0, 0.05) is 38.6 Å². The lowest BCUT2D eigenvalue weighted by Gasteiger charge is -2.73. The second-order valence-electron chi connectivity index (χ2n) is 30.8. The summed E-state index contributed by atoms with van der Waals surface area (Å²) in [7, 11) is 1.73. The molecule has 8 saturated carbocycles. The average molecular weight is 1100 g/mol. The van der Waals surface area contributed by atoms with Gasteiger partial charge in [-0.25, -0.2) is 0 Å². The second-order valence-corrected chi connectivity index (χ2v) is 30.8. The van der Waals surface area contributed by atoms with E-state index in [-0.39, 0.29) is 11.7 Å². The Kier molecular flexibility index (Phi) is 30.9. The summed E-state index contributed by atoms with van der Waals surface area (Å²) in [6.45, 7) is 39.8. The molecule has 0 aromatic rings. The number of nitrogens with one attached hydrogen (secondary N) is 1. The number of ketones is 4. The van der Waals surface area contributed by atoms with Crippen molar-refractivity contribution < 1.29 is 34.2 Å². The van der Waals surface area contributed by atoms with E-state index >= 15 is 0 Å². The largest absolute Gasteiger partial charge is 0.390 e. The molecule has 0 saturated heterocycles. The Morgan fingerprint density at radius 3 is 1.09 bits per heavy atom. The van der Waals surface area contributed by atoms with Crippen LogP contribution < -0.4 is 5.32 Å². The number of carbonyl (C=O) groups is 5. The lowest BCUT2D eigenvalue weighted by Crippen LogP contribution is -2.64. The zero-order chi connectivity index (χ0) is 59.5. The van der Waals surface area contributed by atoms with Gasteiger partial charge < -0.3 is 29.9 Å². The first-order valence-corrected chi connectivity index (χ1v) is 32.7. The van der Waals surface area contributed by atoms with E-state index in [4.69, 9.17) is 0 Å². The van der Waals surface area contributed by atoms with Crippen molar-refractivity contribution in [2.24, 2.45) is 106 Å². The maximum Gasteiger partial charge on any atom is 0.222 e. The van der Waals surface area contributed by atoms with E-state index in [2.05, 4.69) is 88.4 Å². The Morgan fingerprint density at radius 2 is 0.795 bits per heavy atom. The van der Waals surface area contributed by atoms with Crippen LogP contribution in [0.4, 0.5) is 0 Å². The van der Waals surface area contributed by atoms with Crippen molar-refractivity contribution in [2.75, 3.05) is 7.05 Å². The summed E-state index contributed by atoms with van der Waals surface area (Å²) in [6.07, 6.45) is 29.4. The van der Waals surface area contributed by atoms with Crippen molar-refractivity contribution >= 4 is 29.0 Å². The molecule has 0 aromatic carbocycles. The molecule has 8 nitrogen and oxygen atoms in total. The molecule has 2 bridgehead atoms. The van der Waals surface area contributed by atoms with Crippen molar-refractivity contribution in [1.82, 2.24) is 5.32 Å². The van der Waals surface area contributed by atoms with E-state index in [0.29, 0.717) is 58.3 Å². The fourth-order valence-corrected chi connectivity index (χ4v) is 15.1. The highest BCUT2D eigenvalue weighted by atomic mass is 16.3. The van der Waals surface area contributed by atoms with Crippen LogP contribution in [0.2, 0.25) is 0 Å². The SMILES string of the molecule is CC(=O)CC12CC(C(C)C)(C1)C2.CC(=O)CC1CC(C(C)C)C1.CC(=O)CC1CCC(C(C)C)CC1.CC(C)C1CCC(C(C)(C)O)CC1.CC(C)C1CCC(CC(=O)C(C)(C)O)CC1.CNC(=O)C1CCC(C(C)C)CC1. The number of amides is 1. The first-order chi connectivity index (χ1) is 36.0. The predicted molar refractivity (Wildman–Crippen MR) is 328 cm³/mol. The number of rotatable bonds is 17. The molecular weight excluding hydrogens is 967 g/mol. The van der Waals surface area contributed by atoms with E-state index in [1.54, 1.807) is 41.7 Å². The fourth-order valence-electron chi connectivity index (χ4n) is 15.1. The standard InChI is InChI=1S/C14H26O2.C12H24O.C12H22O.C11H21NO.C11H18O.C10H18O/c1-10(2)12-7-5-11(6-8-12)9-13(15)14(3,4)16;1-9(2)10-5-7-11(8-6-10)12(3,4)13;1-9(2)12-6-4-11(5-7-12)8-10(3)13;1-8(2)9-4-6-10(7-5-9)11(13)12-3;1-8(2)11-5-10(6-11,7-11)4-9(3)12;1-7(2)10-5-9(6-10)4-8(3)11/h10-12,16H,5-9H2,1-4H3;9-11,13H,5-8H2,1-4H3;9,11-12H,4-8H2,1-3H3;8-10H,4-7H2,1-3H3,(H,12,13);8H,4-7H2,1-3H3;7,9-10H,4-6H2,1-3H3. The van der Waals surface area contributed by atoms with Gasteiger partial charge in [0.15, 0.2) is 5.78 Å². The van der Waals surface area contributed by atoms with Crippen LogP contribution in [0.1, 0.15) is 292 Å². The third-order valence-corrected chi connectivity index (χ3v) is 21.3. The first kappa shape index (κ1) is 72.2. The van der Waals surface area contributed by atoms with Crippen LogP contribution in [0.25, 0.3) is 0 Å². The molecular formula is C70H129NO7. The van der Waals surface area contributed by atoms with Crippen molar-refractivity contribution in [1.29, 1.82) is 0 Å². The monoisotopic (exact) mass is 1100 g/mol. The Labute approximate surface area is 482 Å². The molecule has 8 fully saturated rings. The number of aliphatic hydroxyl groups is 2. The summed E-state index contributed by atoms with van der Waals surface area (Å²) in [5.74, 6) is 13.4. The molecule has 456 valence electrons. The van der Waals surface area contributed by atoms with Gasteiger partial charge in [-0.05, 0) is 283 Å². The number of hydrogen-bond acceptors (Lipinski definition) is 7. The summed E-state index contributed by atoms with van der Waals surface area (Å²) in [6, 6.07) is 0. The van der Waals surface area contributed by atoms with Crippen molar-refractivity contribution in [2.45, 2.75) is 303 Å². The lowest BCUT2D eigenvalue weighted by atomic mass is 9.31. The van der Waals surface area contributed by atoms with Crippen LogP contribution in [-0.4, -0.2) is 57.5 Å². The van der Waals surface area contributed by atoms with Crippen LogP contribution in [0.3, 0.4) is 0 Å². The van der Waals surface area contributed by atoms with Crippen LogP contribution >= 0.6 is 0 Å². The number of carbonyl (C=O) groups excluding carboxylic acids is 5. The maximum atomic E-state index is 11.7. The van der Waals surface area contributed by atoms with Crippen LogP contribution in [0, 0.1) is 106 Å². The first-order valence-electron chi connectivity index (χ1n) is 32.7. The molecule has 0 spiro atoms. The molecule has 1 amide bonds. The molecule has 0 radical (unpaired) electrons. The fraction of sp³-hybridized carbons (Fsp3) is 0.929. The van der Waals surface area contributed by atoms with E-state index in [1.807, 2.05) is 13.8 Å². The Balaban J connectivity index is 0.000000321. The van der Waals surface area contributed by atoms with E-state index < -0.39 is 11.2 Å². The maximum absolute atomic E-state index is 11.7. The molecule has 0 heterocycles. The third-order valence-electron chi connectivity index (χ3n) is 21.3. The van der Waals surface area contributed by atoms with Gasteiger partial charge in [0.2, 0.25) is 5.91 Å². The molecule has 8 aliphatic rings. The molecule has 8 heteroatoms. The van der Waals surface area contributed by atoms with E-state index in [1.165, 1.54) is 109 Å². The van der Waals surface area contributed by atoms with E-state index in [0.717, 1.165) is 116 Å². The van der Waals surface area contributed by atoms with Gasteiger partial charge >= 0.3 is 0 Å². The zero-order valence-corrected chi connectivity index (χ0v) is 54.9. The summed E-state index contributed by atoms with van der Waals surface area (Å²) in [5.41, 5.74) is -0.456. The minimum Gasteiger partial charge on any atom is -0.390 e. The van der Waals surface area contributed by atoms with Crippen LogP contribution in [-0.2, 0) is 24.0 Å². The normalized spacial score (nSPS) is 31.4. The smallest absolute Gasteiger partial charge is 0.222 e. The van der Waals surface area contributed by atoms with Gasteiger partial charge in [-0.1, -0.05) is 83.1 Å². The minimum absolute atomic E-state index is 0.000460. The van der Waals surface area contributed by atoms with Crippen LogP contribution in [0.5, 0.6) is 0 Å². The van der Waals surface area contributed by atoms with Crippen molar-refractivity contribution in [3.8, 4) is 0 Å². The molecule has 8 aliphatic carbocycles. The van der Waals surface area contributed by atoms with Gasteiger partial charge in [-0.3, -0.25) is 9.59 Å². The highest BCUT2D eigenvalue weighted by molar-refractivity contribution is 5.86. The molecule has 0 atom stereocenters. The highest BCUT2D eigenvalue weighted by Gasteiger charge is 2.68. The van der Waals surface area contributed by atoms with Crippen LogP contribution in [0.15, 0.2) is 0 Å².